The minimum Gasteiger partial charge on any atom is -0.397 e. The van der Waals surface area contributed by atoms with Crippen molar-refractivity contribution in [3.8, 4) is 0 Å². The van der Waals surface area contributed by atoms with Crippen LogP contribution in [0.1, 0.15) is 12.5 Å². The third kappa shape index (κ3) is 3.46. The van der Waals surface area contributed by atoms with E-state index in [2.05, 4.69) is 11.3 Å². The fourth-order valence-electron chi connectivity index (χ4n) is 1.22. The highest BCUT2D eigenvalue weighted by molar-refractivity contribution is 7.89. The summed E-state index contributed by atoms with van der Waals surface area (Å²) in [5.74, 6) is 0. The summed E-state index contributed by atoms with van der Waals surface area (Å²) in [4.78, 5) is 0.109. The zero-order chi connectivity index (χ0) is 13.2. The first kappa shape index (κ1) is 14.0. The van der Waals surface area contributed by atoms with Crippen LogP contribution in [-0.4, -0.2) is 15.0 Å². The maximum Gasteiger partial charge on any atom is 0.240 e. The van der Waals surface area contributed by atoms with Gasteiger partial charge in [0, 0.05) is 6.54 Å². The third-order valence-electron chi connectivity index (χ3n) is 2.13. The quantitative estimate of drug-likeness (QED) is 0.652. The Kier molecular flexibility index (Phi) is 4.19. The lowest BCUT2D eigenvalue weighted by Gasteiger charge is -2.09. The van der Waals surface area contributed by atoms with Gasteiger partial charge in [-0.05, 0) is 31.5 Å². The predicted molar refractivity (Wildman–Crippen MR) is 70.6 cm³/mol. The van der Waals surface area contributed by atoms with Gasteiger partial charge in [-0.1, -0.05) is 23.8 Å². The van der Waals surface area contributed by atoms with Gasteiger partial charge in [0.1, 0.15) is 0 Å². The Hall–Kier alpha value is -1.04. The highest BCUT2D eigenvalue weighted by Gasteiger charge is 2.16. The summed E-state index contributed by atoms with van der Waals surface area (Å²) < 4.78 is 26.2. The van der Waals surface area contributed by atoms with Crippen LogP contribution in [0.5, 0.6) is 0 Å². The van der Waals surface area contributed by atoms with Gasteiger partial charge in [-0.3, -0.25) is 0 Å². The molecule has 1 aromatic rings. The van der Waals surface area contributed by atoms with Crippen molar-refractivity contribution in [3.63, 3.8) is 0 Å². The molecule has 1 rings (SSSR count). The van der Waals surface area contributed by atoms with Gasteiger partial charge in [0.15, 0.2) is 0 Å². The maximum atomic E-state index is 11.9. The van der Waals surface area contributed by atoms with Crippen LogP contribution >= 0.6 is 11.6 Å². The largest absolute Gasteiger partial charge is 0.397 e. The van der Waals surface area contributed by atoms with Crippen LogP contribution in [0.25, 0.3) is 0 Å². The Labute approximate surface area is 107 Å². The van der Waals surface area contributed by atoms with Crippen LogP contribution < -0.4 is 10.5 Å². The van der Waals surface area contributed by atoms with Crippen LogP contribution in [-0.2, 0) is 10.0 Å². The molecule has 0 saturated carbocycles. The van der Waals surface area contributed by atoms with Gasteiger partial charge in [0.05, 0.1) is 15.6 Å². The molecule has 0 aliphatic rings. The molecule has 94 valence electrons. The average molecular weight is 275 g/mol. The standard InChI is InChI=1S/C11H15ClN2O2S/c1-7(2)6-14-17(15,16)9-4-8(3)11(12)10(13)5-9/h4-5,14H,1,6,13H2,2-3H3. The molecule has 0 fully saturated rings. The molecule has 0 aliphatic heterocycles. The number of rotatable bonds is 4. The fraction of sp³-hybridized carbons (Fsp3) is 0.273. The Morgan fingerprint density at radius 2 is 2.12 bits per heavy atom. The van der Waals surface area contributed by atoms with Gasteiger partial charge in [-0.25, -0.2) is 13.1 Å². The Morgan fingerprint density at radius 1 is 1.53 bits per heavy atom. The van der Waals surface area contributed by atoms with E-state index in [0.29, 0.717) is 10.6 Å². The van der Waals surface area contributed by atoms with E-state index in [1.165, 1.54) is 12.1 Å². The van der Waals surface area contributed by atoms with Crippen LogP contribution in [0.4, 0.5) is 5.69 Å². The van der Waals surface area contributed by atoms with Crippen molar-refractivity contribution in [2.45, 2.75) is 18.7 Å². The van der Waals surface area contributed by atoms with E-state index in [0.717, 1.165) is 5.57 Å². The fourth-order valence-corrected chi connectivity index (χ4v) is 2.55. The first-order valence-electron chi connectivity index (χ1n) is 4.93. The molecular formula is C11H15ClN2O2S. The molecule has 4 nitrogen and oxygen atoms in total. The smallest absolute Gasteiger partial charge is 0.240 e. The van der Waals surface area contributed by atoms with Gasteiger partial charge in [0.2, 0.25) is 10.0 Å². The second-order valence-corrected chi connectivity index (χ2v) is 6.07. The predicted octanol–water partition coefficient (Wildman–Crippen LogP) is 2.09. The minimum absolute atomic E-state index is 0.109. The number of nitrogens with one attached hydrogen (secondary N) is 1. The van der Waals surface area contributed by atoms with Crippen molar-refractivity contribution < 1.29 is 8.42 Å². The first-order chi connectivity index (χ1) is 7.74. The second kappa shape index (κ2) is 5.08. The van der Waals surface area contributed by atoms with Gasteiger partial charge < -0.3 is 5.73 Å². The van der Waals surface area contributed by atoms with E-state index >= 15 is 0 Å². The van der Waals surface area contributed by atoms with Crippen LogP contribution in [0, 0.1) is 6.92 Å². The second-order valence-electron chi connectivity index (χ2n) is 3.93. The number of nitrogen functional groups attached to an aromatic ring is 1. The molecule has 0 amide bonds. The van der Waals surface area contributed by atoms with Crippen molar-refractivity contribution in [2.24, 2.45) is 0 Å². The summed E-state index contributed by atoms with van der Waals surface area (Å²) in [6.45, 7) is 7.27. The van der Waals surface area contributed by atoms with Crippen molar-refractivity contribution >= 4 is 27.3 Å². The van der Waals surface area contributed by atoms with Crippen LogP contribution in [0.2, 0.25) is 5.02 Å². The van der Waals surface area contributed by atoms with E-state index in [1.807, 2.05) is 0 Å². The van der Waals surface area contributed by atoms with E-state index < -0.39 is 10.0 Å². The molecule has 0 bridgehead atoms. The average Bonchev–Trinajstić information content (AvgIpc) is 2.22. The SMILES string of the molecule is C=C(C)CNS(=O)(=O)c1cc(C)c(Cl)c(N)c1. The van der Waals surface area contributed by atoms with Gasteiger partial charge in [-0.2, -0.15) is 0 Å². The lowest BCUT2D eigenvalue weighted by atomic mass is 10.2. The Balaban J connectivity index is 3.12. The monoisotopic (exact) mass is 274 g/mol. The molecule has 0 radical (unpaired) electrons. The Morgan fingerprint density at radius 3 is 2.59 bits per heavy atom. The van der Waals surface area contributed by atoms with Crippen molar-refractivity contribution in [1.29, 1.82) is 0 Å². The summed E-state index contributed by atoms with van der Waals surface area (Å²) in [6, 6.07) is 2.83. The number of aryl methyl sites for hydroxylation is 1. The summed E-state index contributed by atoms with van der Waals surface area (Å²) in [7, 11) is -3.57. The van der Waals surface area contributed by atoms with Crippen LogP contribution in [0.15, 0.2) is 29.2 Å². The van der Waals surface area contributed by atoms with Gasteiger partial charge in [0.25, 0.3) is 0 Å². The summed E-state index contributed by atoms with van der Waals surface area (Å²) in [6.07, 6.45) is 0. The summed E-state index contributed by atoms with van der Waals surface area (Å²) >= 11 is 5.87. The molecule has 0 heterocycles. The van der Waals surface area contributed by atoms with E-state index in [9.17, 15) is 8.42 Å². The summed E-state index contributed by atoms with van der Waals surface area (Å²) in [5.41, 5.74) is 7.24. The molecule has 0 atom stereocenters. The zero-order valence-corrected chi connectivity index (χ0v) is 11.3. The van der Waals surface area contributed by atoms with Gasteiger partial charge in [-0.15, -0.1) is 0 Å². The van der Waals surface area contributed by atoms with Gasteiger partial charge >= 0.3 is 0 Å². The number of hydrogen-bond donors (Lipinski definition) is 2. The van der Waals surface area contributed by atoms with Crippen molar-refractivity contribution in [2.75, 3.05) is 12.3 Å². The highest BCUT2D eigenvalue weighted by Crippen LogP contribution is 2.26. The molecule has 0 aliphatic carbocycles. The van der Waals surface area contributed by atoms with Crippen molar-refractivity contribution in [1.82, 2.24) is 4.72 Å². The normalized spacial score (nSPS) is 11.5. The number of hydrogen-bond acceptors (Lipinski definition) is 3. The van der Waals surface area contributed by atoms with Crippen molar-refractivity contribution in [3.05, 3.63) is 34.9 Å². The molecule has 17 heavy (non-hydrogen) atoms. The third-order valence-corrected chi connectivity index (χ3v) is 4.03. The van der Waals surface area contributed by atoms with Crippen LogP contribution in [0.3, 0.4) is 0 Å². The van der Waals surface area contributed by atoms with E-state index in [4.69, 9.17) is 17.3 Å². The molecule has 0 spiro atoms. The molecule has 0 unspecified atom stereocenters. The summed E-state index contributed by atoms with van der Waals surface area (Å²) in [5, 5.41) is 0.379. The number of anilines is 1. The highest BCUT2D eigenvalue weighted by atomic mass is 35.5. The number of nitrogens with two attached hydrogens (primary N) is 1. The minimum atomic E-state index is -3.57. The lowest BCUT2D eigenvalue weighted by molar-refractivity contribution is 0.584. The Bertz CT molecular complexity index is 530. The molecule has 1 aromatic carbocycles. The maximum absolute atomic E-state index is 11.9. The molecule has 3 N–H and O–H groups in total. The first-order valence-corrected chi connectivity index (χ1v) is 6.80. The molecule has 0 aromatic heterocycles. The molecule has 6 heteroatoms. The van der Waals surface area contributed by atoms with E-state index in [1.54, 1.807) is 13.8 Å². The number of sulfonamides is 1. The number of halogens is 1. The molecular weight excluding hydrogens is 260 g/mol. The molecule has 0 saturated heterocycles. The lowest BCUT2D eigenvalue weighted by Crippen LogP contribution is -2.25. The zero-order valence-electron chi connectivity index (χ0n) is 9.75. The number of benzene rings is 1. The topological polar surface area (TPSA) is 72.2 Å². The van der Waals surface area contributed by atoms with E-state index in [-0.39, 0.29) is 17.1 Å².